The Balaban J connectivity index is 3.27. The molecule has 62 valence electrons. The Morgan fingerprint density at radius 2 is 2.00 bits per heavy atom. The standard InChI is InChI=1S/C7H11NS3/c1-4-5-6(9)11-7(10-5)8(2)3/h4H2,1-3H3/p+1. The summed E-state index contributed by atoms with van der Waals surface area (Å²) < 4.78 is 4.63. The van der Waals surface area contributed by atoms with E-state index in [9.17, 15) is 0 Å². The van der Waals surface area contributed by atoms with E-state index in [1.54, 1.807) is 11.3 Å². The van der Waals surface area contributed by atoms with Gasteiger partial charge in [0.25, 0.3) is 0 Å². The highest BCUT2D eigenvalue weighted by molar-refractivity contribution is 7.83. The van der Waals surface area contributed by atoms with Crippen LogP contribution in [-0.4, -0.2) is 14.1 Å². The topological polar surface area (TPSA) is 3.01 Å². The van der Waals surface area contributed by atoms with Gasteiger partial charge < -0.3 is 0 Å². The van der Waals surface area contributed by atoms with Gasteiger partial charge in [-0.1, -0.05) is 29.6 Å². The second kappa shape index (κ2) is 3.74. The molecule has 0 aromatic carbocycles. The van der Waals surface area contributed by atoms with Crippen LogP contribution in [-0.2, 0) is 6.42 Å². The van der Waals surface area contributed by atoms with Crippen LogP contribution in [0.5, 0.6) is 0 Å². The highest BCUT2D eigenvalue weighted by Gasteiger charge is 2.05. The molecule has 1 rings (SSSR count). The quantitative estimate of drug-likeness (QED) is 0.526. The summed E-state index contributed by atoms with van der Waals surface area (Å²) in [6, 6.07) is 0. The molecule has 11 heavy (non-hydrogen) atoms. The highest BCUT2D eigenvalue weighted by atomic mass is 32.2. The molecule has 0 saturated heterocycles. The fraction of sp³-hybridized carbons (Fsp3) is 0.571. The van der Waals surface area contributed by atoms with E-state index >= 15 is 0 Å². The molecule has 0 fully saturated rings. The minimum absolute atomic E-state index is 1.09. The lowest BCUT2D eigenvalue weighted by Crippen LogP contribution is -2.14. The average molecular weight is 206 g/mol. The summed E-state index contributed by atoms with van der Waals surface area (Å²) in [5.41, 5.74) is 0. The van der Waals surface area contributed by atoms with Gasteiger partial charge in [-0.3, -0.25) is 0 Å². The number of hydrogen-bond donors (Lipinski definition) is 1. The molecule has 0 aliphatic carbocycles. The van der Waals surface area contributed by atoms with E-state index in [0.29, 0.717) is 0 Å². The summed E-state index contributed by atoms with van der Waals surface area (Å²) in [6.45, 7) is 2.16. The van der Waals surface area contributed by atoms with Crippen molar-refractivity contribution in [2.75, 3.05) is 14.1 Å². The van der Waals surface area contributed by atoms with Crippen molar-refractivity contribution in [1.82, 2.24) is 4.58 Å². The van der Waals surface area contributed by atoms with Gasteiger partial charge in [0.1, 0.15) is 14.1 Å². The van der Waals surface area contributed by atoms with Crippen LogP contribution in [0.15, 0.2) is 4.21 Å². The molecule has 1 aromatic rings. The Labute approximate surface area is 80.4 Å². The molecule has 4 heteroatoms. The van der Waals surface area contributed by atoms with Gasteiger partial charge >= 0.3 is 3.98 Å². The van der Waals surface area contributed by atoms with Gasteiger partial charge in [0.05, 0.1) is 4.21 Å². The van der Waals surface area contributed by atoms with E-state index in [-0.39, 0.29) is 0 Å². The SMILES string of the molecule is CCc1sc(=[N+](C)C)sc1S. The maximum Gasteiger partial charge on any atom is 0.314 e. The van der Waals surface area contributed by atoms with E-state index in [4.69, 9.17) is 0 Å². The minimum Gasteiger partial charge on any atom is -0.217 e. The fourth-order valence-electron chi connectivity index (χ4n) is 0.715. The Kier molecular flexibility index (Phi) is 3.16. The van der Waals surface area contributed by atoms with Crippen molar-refractivity contribution in [1.29, 1.82) is 0 Å². The van der Waals surface area contributed by atoms with Crippen molar-refractivity contribution < 1.29 is 0 Å². The zero-order valence-electron chi connectivity index (χ0n) is 6.92. The summed E-state index contributed by atoms with van der Waals surface area (Å²) >= 11 is 7.99. The van der Waals surface area contributed by atoms with Gasteiger partial charge in [0.15, 0.2) is 0 Å². The molecule has 0 spiro atoms. The highest BCUT2D eigenvalue weighted by Crippen LogP contribution is 2.20. The van der Waals surface area contributed by atoms with Gasteiger partial charge in [-0.05, 0) is 6.42 Å². The van der Waals surface area contributed by atoms with Gasteiger partial charge in [0.2, 0.25) is 0 Å². The third kappa shape index (κ3) is 2.07. The van der Waals surface area contributed by atoms with E-state index in [2.05, 4.69) is 38.2 Å². The Bertz CT molecular complexity index is 304. The van der Waals surface area contributed by atoms with E-state index in [0.717, 1.165) is 6.42 Å². The number of hydrogen-bond acceptors (Lipinski definition) is 3. The first-order valence-electron chi connectivity index (χ1n) is 3.47. The van der Waals surface area contributed by atoms with Crippen molar-refractivity contribution in [3.63, 3.8) is 0 Å². The van der Waals surface area contributed by atoms with Crippen LogP contribution >= 0.6 is 35.3 Å². The molecule has 0 N–H and O–H groups in total. The normalized spacial score (nSPS) is 10.2. The lowest BCUT2D eigenvalue weighted by Gasteiger charge is -1.84. The van der Waals surface area contributed by atoms with Crippen LogP contribution < -0.4 is 8.56 Å². The predicted molar refractivity (Wildman–Crippen MR) is 55.9 cm³/mol. The number of rotatable bonds is 1. The molecule has 0 aliphatic heterocycles. The summed E-state index contributed by atoms with van der Waals surface area (Å²) in [7, 11) is 4.13. The molecular formula is C7H12NS3+. The molecule has 0 amide bonds. The van der Waals surface area contributed by atoms with E-state index < -0.39 is 0 Å². The second-order valence-corrected chi connectivity index (χ2v) is 5.54. The third-order valence-electron chi connectivity index (χ3n) is 1.32. The summed E-state index contributed by atoms with van der Waals surface area (Å²) in [5, 5.41) is 0. The Morgan fingerprint density at radius 1 is 1.36 bits per heavy atom. The second-order valence-electron chi connectivity index (χ2n) is 2.45. The van der Waals surface area contributed by atoms with Crippen LogP contribution in [0.1, 0.15) is 11.8 Å². The van der Waals surface area contributed by atoms with Crippen LogP contribution in [0.3, 0.4) is 0 Å². The van der Waals surface area contributed by atoms with Crippen LogP contribution in [0, 0.1) is 0 Å². The lowest BCUT2D eigenvalue weighted by atomic mass is 10.4. The van der Waals surface area contributed by atoms with Crippen LogP contribution in [0.2, 0.25) is 0 Å². The van der Waals surface area contributed by atoms with Crippen molar-refractivity contribution in [2.45, 2.75) is 17.6 Å². The molecule has 1 heterocycles. The van der Waals surface area contributed by atoms with Crippen molar-refractivity contribution >= 4 is 35.3 Å². The van der Waals surface area contributed by atoms with E-state index in [1.165, 1.54) is 13.1 Å². The maximum atomic E-state index is 4.40. The maximum absolute atomic E-state index is 4.40. The molecular weight excluding hydrogens is 194 g/mol. The fourth-order valence-corrected chi connectivity index (χ4v) is 3.65. The molecule has 1 nitrogen and oxygen atoms in total. The van der Waals surface area contributed by atoms with Crippen molar-refractivity contribution in [2.24, 2.45) is 0 Å². The molecule has 0 atom stereocenters. The third-order valence-corrected chi connectivity index (χ3v) is 4.90. The lowest BCUT2D eigenvalue weighted by molar-refractivity contribution is 0.844. The van der Waals surface area contributed by atoms with Crippen molar-refractivity contribution in [3.05, 3.63) is 8.86 Å². The van der Waals surface area contributed by atoms with Gasteiger partial charge in [-0.2, -0.15) is 0 Å². The Morgan fingerprint density at radius 3 is 2.27 bits per heavy atom. The molecule has 0 unspecified atom stereocenters. The number of nitrogens with zero attached hydrogens (tertiary/aromatic N) is 1. The van der Waals surface area contributed by atoms with Gasteiger partial charge in [0, 0.05) is 4.88 Å². The van der Waals surface area contributed by atoms with Gasteiger partial charge in [-0.15, -0.1) is 12.6 Å². The Hall–Kier alpha value is 0.200. The molecule has 0 saturated carbocycles. The number of thiol groups is 1. The molecule has 1 aromatic heterocycles. The monoisotopic (exact) mass is 206 g/mol. The zero-order chi connectivity index (χ0) is 8.43. The molecule has 0 bridgehead atoms. The number of aryl methyl sites for hydroxylation is 1. The van der Waals surface area contributed by atoms with Crippen LogP contribution in [0.25, 0.3) is 0 Å². The average Bonchev–Trinajstić information content (AvgIpc) is 2.31. The van der Waals surface area contributed by atoms with Gasteiger partial charge in [-0.25, -0.2) is 4.58 Å². The smallest absolute Gasteiger partial charge is 0.217 e. The summed E-state index contributed by atoms with van der Waals surface area (Å²) in [6.07, 6.45) is 1.09. The van der Waals surface area contributed by atoms with E-state index in [1.807, 2.05) is 11.3 Å². The molecule has 0 aliphatic rings. The molecule has 0 radical (unpaired) electrons. The summed E-state index contributed by atoms with van der Waals surface area (Å²) in [4.78, 5) is 1.39. The summed E-state index contributed by atoms with van der Waals surface area (Å²) in [5.74, 6) is 0. The van der Waals surface area contributed by atoms with Crippen LogP contribution in [0.4, 0.5) is 0 Å². The first-order valence-corrected chi connectivity index (χ1v) is 5.55. The first-order chi connectivity index (χ1) is 5.15. The first kappa shape index (κ1) is 9.29. The predicted octanol–water partition coefficient (Wildman–Crippen LogP) is 1.69. The zero-order valence-corrected chi connectivity index (χ0v) is 9.45. The van der Waals surface area contributed by atoms with Crippen molar-refractivity contribution in [3.8, 4) is 0 Å². The minimum atomic E-state index is 1.09. The largest absolute Gasteiger partial charge is 0.314 e.